The molecule has 2 aliphatic rings. The van der Waals surface area contributed by atoms with E-state index in [1.807, 2.05) is 6.07 Å². The Hall–Kier alpha value is -0.710. The summed E-state index contributed by atoms with van der Waals surface area (Å²) in [6, 6.07) is 1.83. The van der Waals surface area contributed by atoms with Gasteiger partial charge < -0.3 is 24.4 Å². The summed E-state index contributed by atoms with van der Waals surface area (Å²) in [5.74, 6) is -1.42. The maximum Gasteiger partial charge on any atom is 0.259 e. The van der Waals surface area contributed by atoms with Crippen molar-refractivity contribution in [3.05, 3.63) is 0 Å². The average molecular weight is 215 g/mol. The number of hydrogen-bond acceptors (Lipinski definition) is 6. The summed E-state index contributed by atoms with van der Waals surface area (Å²) in [6.45, 7) is 3.06. The van der Waals surface area contributed by atoms with Crippen molar-refractivity contribution in [2.45, 2.75) is 50.3 Å². The standard InChI is InChI=1S/C9H13NO5/c1-4-5(11)6(12)7-8(13-4)15-9(2,3-10)14-7/h4-8,11-12H,1-2H3/t4-,5-,6+,7+,8+,9?/m0/s1. The summed E-state index contributed by atoms with van der Waals surface area (Å²) >= 11 is 0. The molecule has 6 nitrogen and oxygen atoms in total. The Balaban J connectivity index is 2.18. The van der Waals surface area contributed by atoms with Gasteiger partial charge in [0.2, 0.25) is 0 Å². The van der Waals surface area contributed by atoms with Crippen molar-refractivity contribution in [3.8, 4) is 6.07 Å². The first-order valence-electron chi connectivity index (χ1n) is 4.75. The van der Waals surface area contributed by atoms with E-state index in [0.29, 0.717) is 0 Å². The molecule has 6 atom stereocenters. The molecule has 1 unspecified atom stereocenters. The van der Waals surface area contributed by atoms with Crippen molar-refractivity contribution in [3.63, 3.8) is 0 Å². The Morgan fingerprint density at radius 3 is 2.53 bits per heavy atom. The van der Waals surface area contributed by atoms with E-state index in [4.69, 9.17) is 19.5 Å². The van der Waals surface area contributed by atoms with Crippen LogP contribution in [0.3, 0.4) is 0 Å². The fraction of sp³-hybridized carbons (Fsp3) is 0.889. The molecule has 0 aliphatic carbocycles. The zero-order valence-corrected chi connectivity index (χ0v) is 8.45. The Kier molecular flexibility index (Phi) is 2.45. The molecule has 0 spiro atoms. The van der Waals surface area contributed by atoms with E-state index in [0.717, 1.165) is 0 Å². The van der Waals surface area contributed by atoms with Gasteiger partial charge in [0.1, 0.15) is 24.4 Å². The molecular weight excluding hydrogens is 202 g/mol. The molecule has 0 aromatic rings. The lowest BCUT2D eigenvalue weighted by Gasteiger charge is -2.35. The molecule has 0 amide bonds. The Bertz CT molecular complexity index is 303. The Labute approximate surface area is 87.0 Å². The minimum absolute atomic E-state index is 0.550. The zero-order chi connectivity index (χ0) is 11.2. The predicted molar refractivity (Wildman–Crippen MR) is 46.3 cm³/mol. The minimum atomic E-state index is -1.42. The predicted octanol–water partition coefficient (Wildman–Crippen LogP) is -0.892. The highest BCUT2D eigenvalue weighted by atomic mass is 16.8. The molecule has 2 rings (SSSR count). The molecule has 2 aliphatic heterocycles. The second-order valence-corrected chi connectivity index (χ2v) is 3.95. The van der Waals surface area contributed by atoms with Crippen LogP contribution in [0.2, 0.25) is 0 Å². The van der Waals surface area contributed by atoms with E-state index in [1.54, 1.807) is 6.92 Å². The zero-order valence-electron chi connectivity index (χ0n) is 8.45. The molecule has 6 heteroatoms. The first-order chi connectivity index (χ1) is 6.97. The van der Waals surface area contributed by atoms with Gasteiger partial charge in [-0.1, -0.05) is 0 Å². The third-order valence-corrected chi connectivity index (χ3v) is 2.69. The third-order valence-electron chi connectivity index (χ3n) is 2.69. The van der Waals surface area contributed by atoms with Crippen molar-refractivity contribution in [1.82, 2.24) is 0 Å². The van der Waals surface area contributed by atoms with Crippen molar-refractivity contribution < 1.29 is 24.4 Å². The van der Waals surface area contributed by atoms with E-state index < -0.39 is 36.5 Å². The summed E-state index contributed by atoms with van der Waals surface area (Å²) < 4.78 is 15.7. The molecule has 2 N–H and O–H groups in total. The first kappa shape index (κ1) is 10.8. The number of nitriles is 1. The maximum absolute atomic E-state index is 9.70. The number of ether oxygens (including phenoxy) is 3. The van der Waals surface area contributed by atoms with E-state index in [1.165, 1.54) is 6.92 Å². The van der Waals surface area contributed by atoms with Gasteiger partial charge in [-0.25, -0.2) is 0 Å². The molecule has 2 heterocycles. The lowest BCUT2D eigenvalue weighted by molar-refractivity contribution is -0.243. The topological polar surface area (TPSA) is 91.9 Å². The minimum Gasteiger partial charge on any atom is -0.388 e. The molecule has 0 aromatic heterocycles. The average Bonchev–Trinajstić information content (AvgIpc) is 2.53. The molecule has 0 radical (unpaired) electrons. The van der Waals surface area contributed by atoms with E-state index in [2.05, 4.69) is 0 Å². The van der Waals surface area contributed by atoms with Gasteiger partial charge in [0.05, 0.1) is 6.10 Å². The van der Waals surface area contributed by atoms with Gasteiger partial charge in [-0.2, -0.15) is 5.26 Å². The Morgan fingerprint density at radius 1 is 1.27 bits per heavy atom. The SMILES string of the molecule is C[C@@H]1O[C@@H]2OC(C)(C#N)O[C@@H]2[C@H](O)[C@H]1O. The third kappa shape index (κ3) is 1.62. The summed E-state index contributed by atoms with van der Waals surface area (Å²) in [5, 5.41) is 28.0. The Morgan fingerprint density at radius 2 is 1.93 bits per heavy atom. The van der Waals surface area contributed by atoms with Crippen LogP contribution in [0, 0.1) is 11.3 Å². The number of hydrogen-bond donors (Lipinski definition) is 2. The van der Waals surface area contributed by atoms with Crippen molar-refractivity contribution in [2.75, 3.05) is 0 Å². The molecular formula is C9H13NO5. The second-order valence-electron chi connectivity index (χ2n) is 3.95. The molecule has 0 aromatic carbocycles. The van der Waals surface area contributed by atoms with Gasteiger partial charge in [0, 0.05) is 6.92 Å². The van der Waals surface area contributed by atoms with Crippen LogP contribution in [-0.2, 0) is 14.2 Å². The molecule has 0 bridgehead atoms. The molecule has 15 heavy (non-hydrogen) atoms. The molecule has 0 saturated carbocycles. The highest BCUT2D eigenvalue weighted by Crippen LogP contribution is 2.35. The lowest BCUT2D eigenvalue weighted by atomic mass is 10.0. The second kappa shape index (κ2) is 3.40. The van der Waals surface area contributed by atoms with Crippen LogP contribution in [0.4, 0.5) is 0 Å². The molecule has 2 fully saturated rings. The quantitative estimate of drug-likeness (QED) is 0.544. The number of aliphatic hydroxyl groups excluding tert-OH is 2. The van der Waals surface area contributed by atoms with Gasteiger partial charge in [-0.3, -0.25) is 0 Å². The monoisotopic (exact) mass is 215 g/mol. The molecule has 2 saturated heterocycles. The molecule has 84 valence electrons. The van der Waals surface area contributed by atoms with Gasteiger partial charge in [-0.15, -0.1) is 0 Å². The van der Waals surface area contributed by atoms with Gasteiger partial charge in [0.15, 0.2) is 6.29 Å². The number of rotatable bonds is 0. The summed E-state index contributed by atoms with van der Waals surface area (Å²) in [5.41, 5.74) is 0. The van der Waals surface area contributed by atoms with Gasteiger partial charge in [0.25, 0.3) is 5.79 Å². The van der Waals surface area contributed by atoms with Crippen molar-refractivity contribution >= 4 is 0 Å². The number of aliphatic hydroxyl groups is 2. The fourth-order valence-corrected chi connectivity index (χ4v) is 1.78. The van der Waals surface area contributed by atoms with Gasteiger partial charge in [-0.05, 0) is 6.92 Å². The smallest absolute Gasteiger partial charge is 0.259 e. The van der Waals surface area contributed by atoms with Crippen LogP contribution in [-0.4, -0.2) is 46.7 Å². The largest absolute Gasteiger partial charge is 0.388 e. The lowest BCUT2D eigenvalue weighted by Crippen LogP contribution is -2.55. The normalized spacial score (nSPS) is 54.7. The van der Waals surface area contributed by atoms with Crippen LogP contribution in [0.15, 0.2) is 0 Å². The van der Waals surface area contributed by atoms with Crippen LogP contribution < -0.4 is 0 Å². The summed E-state index contributed by atoms with van der Waals surface area (Å²) in [4.78, 5) is 0. The highest BCUT2D eigenvalue weighted by Gasteiger charge is 2.54. The van der Waals surface area contributed by atoms with Crippen molar-refractivity contribution in [2.24, 2.45) is 0 Å². The van der Waals surface area contributed by atoms with Crippen LogP contribution in [0.5, 0.6) is 0 Å². The van der Waals surface area contributed by atoms with Crippen LogP contribution in [0.25, 0.3) is 0 Å². The maximum atomic E-state index is 9.70. The van der Waals surface area contributed by atoms with E-state index in [9.17, 15) is 10.2 Å². The van der Waals surface area contributed by atoms with Crippen LogP contribution >= 0.6 is 0 Å². The number of fused-ring (bicyclic) bond motifs is 1. The summed E-state index contributed by atoms with van der Waals surface area (Å²) in [6.07, 6.45) is -4.31. The summed E-state index contributed by atoms with van der Waals surface area (Å²) in [7, 11) is 0. The highest BCUT2D eigenvalue weighted by molar-refractivity contribution is 5.00. The fourth-order valence-electron chi connectivity index (χ4n) is 1.78. The first-order valence-corrected chi connectivity index (χ1v) is 4.75. The van der Waals surface area contributed by atoms with E-state index >= 15 is 0 Å². The van der Waals surface area contributed by atoms with Gasteiger partial charge >= 0.3 is 0 Å². The van der Waals surface area contributed by atoms with E-state index in [-0.39, 0.29) is 0 Å². The van der Waals surface area contributed by atoms with Crippen LogP contribution in [0.1, 0.15) is 13.8 Å². The van der Waals surface area contributed by atoms with Crippen molar-refractivity contribution in [1.29, 1.82) is 5.26 Å². The number of nitrogens with zero attached hydrogens (tertiary/aromatic N) is 1.